The van der Waals surface area contributed by atoms with E-state index in [2.05, 4.69) is 5.32 Å². The van der Waals surface area contributed by atoms with Gasteiger partial charge >= 0.3 is 0 Å². The zero-order valence-electron chi connectivity index (χ0n) is 14.8. The normalized spacial score (nSPS) is 13.2. The molecule has 0 saturated carbocycles. The van der Waals surface area contributed by atoms with Crippen LogP contribution in [0.3, 0.4) is 0 Å². The first-order valence-electron chi connectivity index (χ1n) is 8.57. The highest BCUT2D eigenvalue weighted by Gasteiger charge is 2.20. The summed E-state index contributed by atoms with van der Waals surface area (Å²) in [5.41, 5.74) is 9.54. The second-order valence-corrected chi connectivity index (χ2v) is 6.50. The van der Waals surface area contributed by atoms with E-state index in [0.29, 0.717) is 11.3 Å². The van der Waals surface area contributed by atoms with Gasteiger partial charge in [0.2, 0.25) is 5.91 Å². The Morgan fingerprint density at radius 1 is 1.08 bits per heavy atom. The van der Waals surface area contributed by atoms with E-state index in [1.807, 2.05) is 30.0 Å². The lowest BCUT2D eigenvalue weighted by atomic mass is 10.1. The Morgan fingerprint density at radius 2 is 1.73 bits per heavy atom. The molecule has 1 aliphatic rings. The van der Waals surface area contributed by atoms with Crippen molar-refractivity contribution in [2.45, 2.75) is 26.2 Å². The SMILES string of the molecule is Cc1cc(C(=O)N2CCCC2)ccc1NC(=O)Cc1ccc(N)cc1.Cl. The molecule has 2 aromatic rings. The van der Waals surface area contributed by atoms with E-state index in [9.17, 15) is 9.59 Å². The van der Waals surface area contributed by atoms with Crippen LogP contribution in [0.25, 0.3) is 0 Å². The zero-order valence-corrected chi connectivity index (χ0v) is 15.6. The summed E-state index contributed by atoms with van der Waals surface area (Å²) in [4.78, 5) is 26.5. The predicted molar refractivity (Wildman–Crippen MR) is 107 cm³/mol. The smallest absolute Gasteiger partial charge is 0.253 e. The third-order valence-electron chi connectivity index (χ3n) is 4.49. The molecule has 5 nitrogen and oxygen atoms in total. The third-order valence-corrected chi connectivity index (χ3v) is 4.49. The Balaban J connectivity index is 0.00000243. The monoisotopic (exact) mass is 373 g/mol. The first-order valence-corrected chi connectivity index (χ1v) is 8.57. The summed E-state index contributed by atoms with van der Waals surface area (Å²) in [7, 11) is 0. The van der Waals surface area contributed by atoms with Gasteiger partial charge in [0.1, 0.15) is 0 Å². The lowest BCUT2D eigenvalue weighted by Gasteiger charge is -2.16. The number of amides is 2. The number of hydrogen-bond donors (Lipinski definition) is 2. The fourth-order valence-corrected chi connectivity index (χ4v) is 3.06. The molecule has 0 bridgehead atoms. The summed E-state index contributed by atoms with van der Waals surface area (Å²) in [6, 6.07) is 12.7. The number of carbonyl (C=O) groups is 2. The largest absolute Gasteiger partial charge is 0.399 e. The molecule has 3 N–H and O–H groups in total. The topological polar surface area (TPSA) is 75.4 Å². The van der Waals surface area contributed by atoms with Crippen molar-refractivity contribution in [3.05, 3.63) is 59.2 Å². The quantitative estimate of drug-likeness (QED) is 0.806. The highest BCUT2D eigenvalue weighted by atomic mass is 35.5. The van der Waals surface area contributed by atoms with Crippen LogP contribution in [0.1, 0.15) is 34.3 Å². The van der Waals surface area contributed by atoms with Crippen molar-refractivity contribution >= 4 is 35.6 Å². The molecule has 1 aliphatic heterocycles. The molecule has 2 amide bonds. The number of anilines is 2. The Morgan fingerprint density at radius 3 is 2.35 bits per heavy atom. The van der Waals surface area contributed by atoms with Crippen LogP contribution in [-0.2, 0) is 11.2 Å². The number of nitrogens with two attached hydrogens (primary N) is 1. The van der Waals surface area contributed by atoms with Gasteiger partial charge in [0.25, 0.3) is 5.91 Å². The number of nitrogens with one attached hydrogen (secondary N) is 1. The van der Waals surface area contributed by atoms with Crippen molar-refractivity contribution in [1.29, 1.82) is 0 Å². The maximum atomic E-state index is 12.4. The number of benzene rings is 2. The molecule has 0 aliphatic carbocycles. The lowest BCUT2D eigenvalue weighted by Crippen LogP contribution is -2.27. The number of likely N-dealkylation sites (tertiary alicyclic amines) is 1. The van der Waals surface area contributed by atoms with Gasteiger partial charge < -0.3 is 16.0 Å². The Kier molecular flexibility index (Phi) is 6.64. The van der Waals surface area contributed by atoms with Gasteiger partial charge in [-0.15, -0.1) is 12.4 Å². The molecule has 0 radical (unpaired) electrons. The zero-order chi connectivity index (χ0) is 17.8. The fourth-order valence-electron chi connectivity index (χ4n) is 3.06. The standard InChI is InChI=1S/C20H23N3O2.ClH/c1-14-12-16(20(25)23-10-2-3-11-23)6-9-18(14)22-19(24)13-15-4-7-17(21)8-5-15;/h4-9,12H,2-3,10-11,13,21H2,1H3,(H,22,24);1H. The van der Waals surface area contributed by atoms with E-state index in [0.717, 1.165) is 42.7 Å². The van der Waals surface area contributed by atoms with E-state index in [1.165, 1.54) is 0 Å². The van der Waals surface area contributed by atoms with Gasteiger partial charge in [-0.1, -0.05) is 12.1 Å². The molecule has 6 heteroatoms. The molecule has 1 heterocycles. The summed E-state index contributed by atoms with van der Waals surface area (Å²) >= 11 is 0. The van der Waals surface area contributed by atoms with Gasteiger partial charge in [0.15, 0.2) is 0 Å². The lowest BCUT2D eigenvalue weighted by molar-refractivity contribution is -0.115. The number of aryl methyl sites for hydroxylation is 1. The van der Waals surface area contributed by atoms with Crippen molar-refractivity contribution in [1.82, 2.24) is 4.90 Å². The molecular weight excluding hydrogens is 350 g/mol. The molecular formula is C20H24ClN3O2. The van der Waals surface area contributed by atoms with Gasteiger partial charge in [-0.2, -0.15) is 0 Å². The second-order valence-electron chi connectivity index (χ2n) is 6.50. The number of hydrogen-bond acceptors (Lipinski definition) is 3. The number of nitrogen functional groups attached to an aromatic ring is 1. The van der Waals surface area contributed by atoms with Gasteiger partial charge in [0, 0.05) is 30.0 Å². The van der Waals surface area contributed by atoms with Crippen LogP contribution < -0.4 is 11.1 Å². The molecule has 138 valence electrons. The van der Waals surface area contributed by atoms with E-state index in [-0.39, 0.29) is 30.6 Å². The van der Waals surface area contributed by atoms with Crippen LogP contribution in [0.15, 0.2) is 42.5 Å². The van der Waals surface area contributed by atoms with Crippen LogP contribution in [0.5, 0.6) is 0 Å². The summed E-state index contributed by atoms with van der Waals surface area (Å²) in [5.74, 6) is -0.0214. The highest BCUT2D eigenvalue weighted by molar-refractivity contribution is 5.97. The highest BCUT2D eigenvalue weighted by Crippen LogP contribution is 2.20. The number of carbonyl (C=O) groups excluding carboxylic acids is 2. The van der Waals surface area contributed by atoms with Crippen molar-refractivity contribution in [2.24, 2.45) is 0 Å². The van der Waals surface area contributed by atoms with E-state index in [4.69, 9.17) is 5.73 Å². The minimum atomic E-state index is -0.0912. The van der Waals surface area contributed by atoms with Crippen LogP contribution in [-0.4, -0.2) is 29.8 Å². The first-order chi connectivity index (χ1) is 12.0. The molecule has 2 aromatic carbocycles. The predicted octanol–water partition coefficient (Wildman–Crippen LogP) is 3.42. The Labute approximate surface area is 160 Å². The van der Waals surface area contributed by atoms with Gasteiger partial charge in [-0.25, -0.2) is 0 Å². The van der Waals surface area contributed by atoms with Crippen LogP contribution in [0, 0.1) is 6.92 Å². The minimum Gasteiger partial charge on any atom is -0.399 e. The third kappa shape index (κ3) is 4.76. The van der Waals surface area contributed by atoms with E-state index in [1.54, 1.807) is 24.3 Å². The molecule has 26 heavy (non-hydrogen) atoms. The molecule has 0 spiro atoms. The summed E-state index contributed by atoms with van der Waals surface area (Å²) in [5, 5.41) is 2.91. The van der Waals surface area contributed by atoms with E-state index >= 15 is 0 Å². The number of nitrogens with zero attached hydrogens (tertiary/aromatic N) is 1. The summed E-state index contributed by atoms with van der Waals surface area (Å²) < 4.78 is 0. The van der Waals surface area contributed by atoms with E-state index < -0.39 is 0 Å². The average molecular weight is 374 g/mol. The van der Waals surface area contributed by atoms with Crippen LogP contribution in [0.4, 0.5) is 11.4 Å². The van der Waals surface area contributed by atoms with Crippen molar-refractivity contribution in [2.75, 3.05) is 24.1 Å². The Hall–Kier alpha value is -2.53. The summed E-state index contributed by atoms with van der Waals surface area (Å²) in [6.45, 7) is 3.56. The fraction of sp³-hybridized carbons (Fsp3) is 0.300. The molecule has 0 aromatic heterocycles. The van der Waals surface area contributed by atoms with Gasteiger partial charge in [0.05, 0.1) is 6.42 Å². The van der Waals surface area contributed by atoms with Crippen molar-refractivity contribution < 1.29 is 9.59 Å². The summed E-state index contributed by atoms with van der Waals surface area (Å²) in [6.07, 6.45) is 2.43. The van der Waals surface area contributed by atoms with Crippen LogP contribution >= 0.6 is 12.4 Å². The number of halogens is 1. The first kappa shape index (κ1) is 19.8. The molecule has 1 fully saturated rings. The average Bonchev–Trinajstić information content (AvgIpc) is 3.12. The Bertz CT molecular complexity index is 784. The van der Waals surface area contributed by atoms with Gasteiger partial charge in [-0.05, 0) is 61.2 Å². The van der Waals surface area contributed by atoms with Gasteiger partial charge in [-0.3, -0.25) is 9.59 Å². The van der Waals surface area contributed by atoms with Crippen molar-refractivity contribution in [3.63, 3.8) is 0 Å². The van der Waals surface area contributed by atoms with Crippen LogP contribution in [0.2, 0.25) is 0 Å². The molecule has 3 rings (SSSR count). The molecule has 0 atom stereocenters. The maximum absolute atomic E-state index is 12.4. The van der Waals surface area contributed by atoms with Crippen molar-refractivity contribution in [3.8, 4) is 0 Å². The second kappa shape index (κ2) is 8.72. The molecule has 1 saturated heterocycles. The molecule has 0 unspecified atom stereocenters. The minimum absolute atomic E-state index is 0. The maximum Gasteiger partial charge on any atom is 0.253 e. The number of rotatable bonds is 4.